The molecule has 8 heteroatoms. The van der Waals surface area contributed by atoms with E-state index in [9.17, 15) is 13.2 Å². The molecular weight excluding hydrogens is 337 g/mol. The lowest BCUT2D eigenvalue weighted by Crippen LogP contribution is -2.45. The maximum atomic E-state index is 12.6. The molecule has 1 aliphatic rings. The van der Waals surface area contributed by atoms with E-state index in [1.165, 1.54) is 25.3 Å². The maximum absolute atomic E-state index is 12.6. The molecule has 0 amide bonds. The van der Waals surface area contributed by atoms with Gasteiger partial charge in [-0.05, 0) is 30.3 Å². The number of nitrogens with one attached hydrogen (secondary N) is 1. The summed E-state index contributed by atoms with van der Waals surface area (Å²) in [6, 6.07) is 7.29. The van der Waals surface area contributed by atoms with E-state index in [2.05, 4.69) is 15.0 Å². The van der Waals surface area contributed by atoms with Crippen molar-refractivity contribution in [2.45, 2.75) is 12.4 Å². The topological polar surface area (TPSA) is 46.9 Å². The van der Waals surface area contributed by atoms with Gasteiger partial charge in [-0.3, -0.25) is 4.90 Å². The molecule has 2 aromatic rings. The summed E-state index contributed by atoms with van der Waals surface area (Å²) in [4.78, 5) is 2.14. The van der Waals surface area contributed by atoms with Crippen LogP contribution in [0.25, 0.3) is 0 Å². The Morgan fingerprint density at radius 3 is 2.56 bits per heavy atom. The summed E-state index contributed by atoms with van der Waals surface area (Å²) in [6.45, 7) is 3.05. The highest BCUT2D eigenvalue weighted by molar-refractivity contribution is 5.45. The summed E-state index contributed by atoms with van der Waals surface area (Å²) in [5.41, 5.74) is 0.570. The van der Waals surface area contributed by atoms with Gasteiger partial charge in [-0.1, -0.05) is 0 Å². The lowest BCUT2D eigenvalue weighted by atomic mass is 10.00. The molecule has 1 fully saturated rings. The van der Waals surface area contributed by atoms with Crippen molar-refractivity contribution in [1.29, 1.82) is 0 Å². The Morgan fingerprint density at radius 1 is 1.20 bits per heavy atom. The molecular formula is C17H19F3N2O3. The van der Waals surface area contributed by atoms with Crippen molar-refractivity contribution in [1.82, 2.24) is 10.2 Å². The second-order valence-corrected chi connectivity index (χ2v) is 5.66. The molecule has 1 N–H and O–H groups in total. The second kappa shape index (κ2) is 7.37. The van der Waals surface area contributed by atoms with Crippen LogP contribution >= 0.6 is 0 Å². The van der Waals surface area contributed by atoms with Gasteiger partial charge in [0.05, 0.1) is 19.4 Å². The molecule has 0 bridgehead atoms. The number of ether oxygens (including phenoxy) is 2. The summed E-state index contributed by atoms with van der Waals surface area (Å²) in [5, 5.41) is 3.26. The first-order valence-corrected chi connectivity index (χ1v) is 7.90. The van der Waals surface area contributed by atoms with Gasteiger partial charge in [0.25, 0.3) is 0 Å². The number of furan rings is 1. The molecule has 0 radical (unpaired) electrons. The van der Waals surface area contributed by atoms with Crippen LogP contribution < -0.4 is 14.8 Å². The van der Waals surface area contributed by atoms with Crippen LogP contribution in [0.2, 0.25) is 0 Å². The molecule has 2 heterocycles. The Bertz CT molecular complexity index is 683. The first-order valence-electron chi connectivity index (χ1n) is 7.90. The number of nitrogens with zero attached hydrogens (tertiary/aromatic N) is 1. The van der Waals surface area contributed by atoms with Crippen LogP contribution in [0.4, 0.5) is 13.2 Å². The summed E-state index contributed by atoms with van der Waals surface area (Å²) < 4.78 is 52.8. The standard InChI is InChI=1S/C17H19F3N2O3/c1-23-14-5-4-12(25-17(18,19)20)11-13(14)16(15-3-2-10-24-15)22-8-6-21-7-9-22/h2-5,10-11,16,21H,6-9H2,1H3/t16-/m0/s1. The van der Waals surface area contributed by atoms with E-state index in [-0.39, 0.29) is 11.8 Å². The number of piperazine rings is 1. The minimum absolute atomic E-state index is 0.282. The third-order valence-electron chi connectivity index (χ3n) is 4.06. The van der Waals surface area contributed by atoms with E-state index >= 15 is 0 Å². The smallest absolute Gasteiger partial charge is 0.496 e. The normalized spacial score (nSPS) is 17.3. The number of halogens is 3. The Kier molecular flexibility index (Phi) is 5.19. The molecule has 0 unspecified atom stereocenters. The Balaban J connectivity index is 2.02. The van der Waals surface area contributed by atoms with Gasteiger partial charge in [-0.25, -0.2) is 0 Å². The quantitative estimate of drug-likeness (QED) is 0.892. The molecule has 0 aliphatic carbocycles. The van der Waals surface area contributed by atoms with Crippen LogP contribution in [-0.4, -0.2) is 44.6 Å². The number of methoxy groups -OCH3 is 1. The highest BCUT2D eigenvalue weighted by Gasteiger charge is 2.33. The second-order valence-electron chi connectivity index (χ2n) is 5.66. The largest absolute Gasteiger partial charge is 0.573 e. The molecule has 25 heavy (non-hydrogen) atoms. The van der Waals surface area contributed by atoms with Crippen molar-refractivity contribution in [3.8, 4) is 11.5 Å². The number of rotatable bonds is 5. The highest BCUT2D eigenvalue weighted by Crippen LogP contribution is 2.38. The summed E-state index contributed by atoms with van der Waals surface area (Å²) >= 11 is 0. The van der Waals surface area contributed by atoms with Gasteiger partial charge in [0, 0.05) is 31.7 Å². The lowest BCUT2D eigenvalue weighted by molar-refractivity contribution is -0.274. The molecule has 1 atom stereocenters. The fourth-order valence-electron chi connectivity index (χ4n) is 3.04. The van der Waals surface area contributed by atoms with Gasteiger partial charge >= 0.3 is 6.36 Å². The predicted molar refractivity (Wildman–Crippen MR) is 84.7 cm³/mol. The summed E-state index contributed by atoms with van der Waals surface area (Å²) in [7, 11) is 1.49. The van der Waals surface area contributed by atoms with E-state index in [4.69, 9.17) is 9.15 Å². The van der Waals surface area contributed by atoms with E-state index in [1.54, 1.807) is 12.3 Å². The molecule has 0 saturated carbocycles. The average molecular weight is 356 g/mol. The van der Waals surface area contributed by atoms with Crippen molar-refractivity contribution in [3.63, 3.8) is 0 Å². The van der Waals surface area contributed by atoms with Crippen LogP contribution in [0.15, 0.2) is 41.0 Å². The van der Waals surface area contributed by atoms with Gasteiger partial charge in [-0.2, -0.15) is 0 Å². The third kappa shape index (κ3) is 4.26. The van der Waals surface area contributed by atoms with E-state index in [0.717, 1.165) is 26.2 Å². The van der Waals surface area contributed by atoms with Gasteiger partial charge in [0.15, 0.2) is 0 Å². The van der Waals surface area contributed by atoms with Crippen LogP contribution in [0.1, 0.15) is 17.4 Å². The molecule has 5 nitrogen and oxygen atoms in total. The predicted octanol–water partition coefficient (Wildman–Crippen LogP) is 3.18. The van der Waals surface area contributed by atoms with Crippen molar-refractivity contribution in [3.05, 3.63) is 47.9 Å². The SMILES string of the molecule is COc1ccc(OC(F)(F)F)cc1[C@@H](c1ccco1)N1CCNCC1. The summed E-state index contributed by atoms with van der Waals surface area (Å²) in [5.74, 6) is 0.841. The van der Waals surface area contributed by atoms with Crippen molar-refractivity contribution in [2.24, 2.45) is 0 Å². The van der Waals surface area contributed by atoms with Gasteiger partial charge in [0.2, 0.25) is 0 Å². The van der Waals surface area contributed by atoms with Crippen LogP contribution in [-0.2, 0) is 0 Å². The van der Waals surface area contributed by atoms with Gasteiger partial charge in [0.1, 0.15) is 17.3 Å². The van der Waals surface area contributed by atoms with Crippen LogP contribution in [0, 0.1) is 0 Å². The number of alkyl halides is 3. The average Bonchev–Trinajstić information content (AvgIpc) is 3.09. The Labute approximate surface area is 143 Å². The van der Waals surface area contributed by atoms with E-state index in [1.807, 2.05) is 6.07 Å². The minimum atomic E-state index is -4.75. The number of hydrogen-bond donors (Lipinski definition) is 1. The summed E-state index contributed by atoms with van der Waals surface area (Å²) in [6.07, 6.45) is -3.20. The van der Waals surface area contributed by atoms with E-state index in [0.29, 0.717) is 17.1 Å². The zero-order valence-corrected chi connectivity index (χ0v) is 13.7. The Morgan fingerprint density at radius 2 is 1.96 bits per heavy atom. The molecule has 1 aromatic heterocycles. The van der Waals surface area contributed by atoms with Gasteiger partial charge < -0.3 is 19.2 Å². The number of benzene rings is 1. The molecule has 136 valence electrons. The first-order chi connectivity index (χ1) is 12.0. The van der Waals surface area contributed by atoms with Gasteiger partial charge in [-0.15, -0.1) is 13.2 Å². The zero-order valence-electron chi connectivity index (χ0n) is 13.7. The molecule has 0 spiro atoms. The highest BCUT2D eigenvalue weighted by atomic mass is 19.4. The first kappa shape index (κ1) is 17.6. The monoisotopic (exact) mass is 356 g/mol. The number of hydrogen-bond acceptors (Lipinski definition) is 5. The molecule has 1 saturated heterocycles. The van der Waals surface area contributed by atoms with Crippen LogP contribution in [0.3, 0.4) is 0 Å². The minimum Gasteiger partial charge on any atom is -0.496 e. The van der Waals surface area contributed by atoms with Crippen molar-refractivity contribution in [2.75, 3.05) is 33.3 Å². The van der Waals surface area contributed by atoms with Crippen molar-refractivity contribution < 1.29 is 27.1 Å². The molecule has 3 rings (SSSR count). The van der Waals surface area contributed by atoms with Crippen molar-refractivity contribution >= 4 is 0 Å². The third-order valence-corrected chi connectivity index (χ3v) is 4.06. The fourth-order valence-corrected chi connectivity index (χ4v) is 3.04. The molecule has 1 aromatic carbocycles. The van der Waals surface area contributed by atoms with E-state index < -0.39 is 6.36 Å². The maximum Gasteiger partial charge on any atom is 0.573 e. The Hall–Kier alpha value is -2.19. The van der Waals surface area contributed by atoms with Crippen LogP contribution in [0.5, 0.6) is 11.5 Å². The molecule has 1 aliphatic heterocycles. The fraction of sp³-hybridized carbons (Fsp3) is 0.412. The zero-order chi connectivity index (χ0) is 17.9. The lowest BCUT2D eigenvalue weighted by Gasteiger charge is -2.34.